The highest BCUT2D eigenvalue weighted by atomic mass is 35.5. The third-order valence-corrected chi connectivity index (χ3v) is 4.90. The molecule has 0 aliphatic heterocycles. The highest BCUT2D eigenvalue weighted by molar-refractivity contribution is 6.30. The number of nitrogens with one attached hydrogen (secondary N) is 1. The monoisotopic (exact) mass is 345 g/mol. The Hall–Kier alpha value is -1.87. The third-order valence-electron chi connectivity index (χ3n) is 4.66. The second-order valence-electron chi connectivity index (χ2n) is 6.29. The Morgan fingerprint density at radius 1 is 1.17 bits per heavy atom. The standard InChI is InChI=1S/C20H21ClFNO/c1-2-19(15-8-7-13-5-3-4-6-14(13)11-15)23-20(24)17-10-9-16(21)12-18(17)22/h7-12,19H,2-6H2,1H3,(H,23,24)/t19-/m0/s1. The molecule has 1 atom stereocenters. The zero-order chi connectivity index (χ0) is 17.1. The van der Waals surface area contributed by atoms with E-state index >= 15 is 0 Å². The van der Waals surface area contributed by atoms with Gasteiger partial charge in [-0.25, -0.2) is 4.39 Å². The lowest BCUT2D eigenvalue weighted by molar-refractivity contribution is 0.0931. The van der Waals surface area contributed by atoms with Crippen molar-refractivity contribution in [3.63, 3.8) is 0 Å². The molecule has 1 aliphatic carbocycles. The molecule has 4 heteroatoms. The van der Waals surface area contributed by atoms with Crippen LogP contribution < -0.4 is 5.32 Å². The fraction of sp³-hybridized carbons (Fsp3) is 0.350. The summed E-state index contributed by atoms with van der Waals surface area (Å²) in [7, 11) is 0. The molecule has 0 fully saturated rings. The van der Waals surface area contributed by atoms with Gasteiger partial charge in [-0.15, -0.1) is 0 Å². The molecule has 0 aromatic heterocycles. The summed E-state index contributed by atoms with van der Waals surface area (Å²) in [6, 6.07) is 10.4. The molecule has 0 saturated heterocycles. The van der Waals surface area contributed by atoms with Crippen LogP contribution in [-0.4, -0.2) is 5.91 Å². The Kier molecular flexibility index (Phi) is 5.20. The zero-order valence-electron chi connectivity index (χ0n) is 13.7. The first-order valence-corrected chi connectivity index (χ1v) is 8.84. The van der Waals surface area contributed by atoms with E-state index in [1.54, 1.807) is 0 Å². The summed E-state index contributed by atoms with van der Waals surface area (Å²) in [5, 5.41) is 3.23. The van der Waals surface area contributed by atoms with Crippen molar-refractivity contribution < 1.29 is 9.18 Å². The Bertz CT molecular complexity index is 759. The van der Waals surface area contributed by atoms with Crippen LogP contribution in [0.4, 0.5) is 4.39 Å². The average Bonchev–Trinajstić information content (AvgIpc) is 2.59. The van der Waals surface area contributed by atoms with Crippen LogP contribution in [0.1, 0.15) is 59.3 Å². The molecule has 2 aromatic carbocycles. The van der Waals surface area contributed by atoms with E-state index in [9.17, 15) is 9.18 Å². The number of amides is 1. The van der Waals surface area contributed by atoms with Gasteiger partial charge in [0.05, 0.1) is 11.6 Å². The SMILES string of the molecule is CC[C@H](NC(=O)c1ccc(Cl)cc1F)c1ccc2c(c1)CCCC2. The minimum absolute atomic E-state index is 0.0239. The van der Waals surface area contributed by atoms with Gasteiger partial charge in [-0.1, -0.05) is 36.7 Å². The summed E-state index contributed by atoms with van der Waals surface area (Å²) in [5.74, 6) is -1.01. The molecule has 0 radical (unpaired) electrons. The van der Waals surface area contributed by atoms with Crippen LogP contribution in [0.5, 0.6) is 0 Å². The molecule has 2 nitrogen and oxygen atoms in total. The number of aryl methyl sites for hydroxylation is 2. The molecule has 0 bridgehead atoms. The highest BCUT2D eigenvalue weighted by Crippen LogP contribution is 2.26. The Labute approximate surface area is 147 Å². The summed E-state index contributed by atoms with van der Waals surface area (Å²) < 4.78 is 13.9. The first-order valence-electron chi connectivity index (χ1n) is 8.46. The van der Waals surface area contributed by atoms with Crippen LogP contribution in [0.25, 0.3) is 0 Å². The maximum Gasteiger partial charge on any atom is 0.254 e. The van der Waals surface area contributed by atoms with Crippen molar-refractivity contribution in [2.24, 2.45) is 0 Å². The molecule has 1 N–H and O–H groups in total. The van der Waals surface area contributed by atoms with Crippen molar-refractivity contribution in [3.8, 4) is 0 Å². The first-order chi connectivity index (χ1) is 11.6. The number of fused-ring (bicyclic) bond motifs is 1. The van der Waals surface area contributed by atoms with Crippen LogP contribution in [0.15, 0.2) is 36.4 Å². The van der Waals surface area contributed by atoms with Crippen molar-refractivity contribution in [3.05, 3.63) is 69.5 Å². The maximum absolute atomic E-state index is 13.9. The molecule has 0 heterocycles. The van der Waals surface area contributed by atoms with Gasteiger partial charge in [-0.05, 0) is 67.0 Å². The molecule has 0 saturated carbocycles. The van der Waals surface area contributed by atoms with E-state index in [1.807, 2.05) is 6.92 Å². The number of carbonyl (C=O) groups excluding carboxylic acids is 1. The third kappa shape index (κ3) is 3.62. The van der Waals surface area contributed by atoms with E-state index in [-0.39, 0.29) is 16.6 Å². The fourth-order valence-corrected chi connectivity index (χ4v) is 3.46. The molecule has 24 heavy (non-hydrogen) atoms. The molecule has 2 aromatic rings. The summed E-state index contributed by atoms with van der Waals surface area (Å²) in [5.41, 5.74) is 3.90. The van der Waals surface area contributed by atoms with Crippen LogP contribution in [-0.2, 0) is 12.8 Å². The number of hydrogen-bond donors (Lipinski definition) is 1. The predicted molar refractivity (Wildman–Crippen MR) is 95.0 cm³/mol. The lowest BCUT2D eigenvalue weighted by Crippen LogP contribution is -2.29. The topological polar surface area (TPSA) is 29.1 Å². The maximum atomic E-state index is 13.9. The number of benzene rings is 2. The second-order valence-corrected chi connectivity index (χ2v) is 6.73. The lowest BCUT2D eigenvalue weighted by Gasteiger charge is -2.22. The van der Waals surface area contributed by atoms with Crippen LogP contribution >= 0.6 is 11.6 Å². The van der Waals surface area contributed by atoms with Crippen LogP contribution in [0, 0.1) is 5.82 Å². The summed E-state index contributed by atoms with van der Waals surface area (Å²) in [6.45, 7) is 2.02. The Morgan fingerprint density at radius 3 is 2.62 bits per heavy atom. The van der Waals surface area contributed by atoms with E-state index in [1.165, 1.54) is 36.1 Å². The quantitative estimate of drug-likeness (QED) is 0.806. The minimum atomic E-state index is -0.597. The molecular weight excluding hydrogens is 325 g/mol. The van der Waals surface area contributed by atoms with Crippen molar-refractivity contribution in [2.45, 2.75) is 45.1 Å². The Morgan fingerprint density at radius 2 is 1.92 bits per heavy atom. The molecule has 3 rings (SSSR count). The first kappa shape index (κ1) is 17.0. The predicted octanol–water partition coefficient (Wildman–Crippen LogP) is 5.24. The van der Waals surface area contributed by atoms with Crippen molar-refractivity contribution >= 4 is 17.5 Å². The van der Waals surface area contributed by atoms with E-state index in [0.29, 0.717) is 0 Å². The molecule has 126 valence electrons. The van der Waals surface area contributed by atoms with Gasteiger partial charge in [-0.2, -0.15) is 0 Å². The van der Waals surface area contributed by atoms with Crippen LogP contribution in [0.2, 0.25) is 5.02 Å². The number of hydrogen-bond acceptors (Lipinski definition) is 1. The number of halogens is 2. The Balaban J connectivity index is 1.80. The zero-order valence-corrected chi connectivity index (χ0v) is 14.5. The minimum Gasteiger partial charge on any atom is -0.345 e. The summed E-state index contributed by atoms with van der Waals surface area (Å²) in [4.78, 5) is 12.4. The summed E-state index contributed by atoms with van der Waals surface area (Å²) >= 11 is 5.75. The van der Waals surface area contributed by atoms with Crippen molar-refractivity contribution in [2.75, 3.05) is 0 Å². The van der Waals surface area contributed by atoms with Crippen molar-refractivity contribution in [1.29, 1.82) is 0 Å². The fourth-order valence-electron chi connectivity index (χ4n) is 3.30. The molecule has 1 amide bonds. The number of rotatable bonds is 4. The largest absolute Gasteiger partial charge is 0.345 e. The average molecular weight is 346 g/mol. The smallest absolute Gasteiger partial charge is 0.254 e. The van der Waals surface area contributed by atoms with Crippen molar-refractivity contribution in [1.82, 2.24) is 5.32 Å². The van der Waals surface area contributed by atoms with Gasteiger partial charge in [-0.3, -0.25) is 4.79 Å². The van der Waals surface area contributed by atoms with E-state index in [0.717, 1.165) is 30.9 Å². The van der Waals surface area contributed by atoms with Gasteiger partial charge in [0.15, 0.2) is 0 Å². The van der Waals surface area contributed by atoms with E-state index in [4.69, 9.17) is 11.6 Å². The van der Waals surface area contributed by atoms with Gasteiger partial charge in [0, 0.05) is 5.02 Å². The molecular formula is C20H21ClFNO. The van der Waals surface area contributed by atoms with Gasteiger partial charge in [0.25, 0.3) is 5.91 Å². The van der Waals surface area contributed by atoms with Gasteiger partial charge >= 0.3 is 0 Å². The van der Waals surface area contributed by atoms with E-state index < -0.39 is 11.7 Å². The lowest BCUT2D eigenvalue weighted by atomic mass is 9.88. The normalized spacial score (nSPS) is 14.8. The molecule has 0 spiro atoms. The molecule has 0 unspecified atom stereocenters. The van der Waals surface area contributed by atoms with Gasteiger partial charge in [0.2, 0.25) is 0 Å². The van der Waals surface area contributed by atoms with Gasteiger partial charge in [0.1, 0.15) is 5.82 Å². The highest BCUT2D eigenvalue weighted by Gasteiger charge is 2.19. The van der Waals surface area contributed by atoms with E-state index in [2.05, 4.69) is 23.5 Å². The summed E-state index contributed by atoms with van der Waals surface area (Å²) in [6.07, 6.45) is 5.44. The molecule has 1 aliphatic rings. The van der Waals surface area contributed by atoms with Crippen LogP contribution in [0.3, 0.4) is 0 Å². The van der Waals surface area contributed by atoms with Gasteiger partial charge < -0.3 is 5.32 Å². The second kappa shape index (κ2) is 7.35. The number of carbonyl (C=O) groups is 1.